The Kier molecular flexibility index (Phi) is 5.49. The third-order valence-corrected chi connectivity index (χ3v) is 7.99. The molecule has 8 aromatic rings. The average molecular weight is 523 g/mol. The van der Waals surface area contributed by atoms with Gasteiger partial charge in [0.15, 0.2) is 0 Å². The van der Waals surface area contributed by atoms with E-state index in [1.165, 1.54) is 43.8 Å². The molecule has 0 aliphatic heterocycles. The normalized spacial score (nSPS) is 11.4. The molecule has 0 radical (unpaired) electrons. The zero-order chi connectivity index (χ0) is 27.2. The van der Waals surface area contributed by atoms with E-state index >= 15 is 0 Å². The molecule has 8 rings (SSSR count). The monoisotopic (exact) mass is 522 g/mol. The maximum Gasteiger partial charge on any atom is 0.146 e. The number of para-hydroxylation sites is 3. The number of imidazole rings is 1. The SMILES string of the molecule is c1ccc(-c2ccc3c(-c4nc5ccccc5n4-c4ccccc4)c4ccccc4c(-c4ccccc4)c3c2)cc1. The van der Waals surface area contributed by atoms with Crippen LogP contribution in [-0.4, -0.2) is 9.55 Å². The van der Waals surface area contributed by atoms with Crippen molar-refractivity contribution in [1.82, 2.24) is 9.55 Å². The lowest BCUT2D eigenvalue weighted by atomic mass is 9.86. The largest absolute Gasteiger partial charge is 0.292 e. The van der Waals surface area contributed by atoms with Crippen molar-refractivity contribution >= 4 is 32.6 Å². The molecular weight excluding hydrogens is 496 g/mol. The van der Waals surface area contributed by atoms with Gasteiger partial charge in [0.25, 0.3) is 0 Å². The van der Waals surface area contributed by atoms with Gasteiger partial charge >= 0.3 is 0 Å². The fourth-order valence-electron chi connectivity index (χ4n) is 6.18. The van der Waals surface area contributed by atoms with E-state index in [0.717, 1.165) is 28.1 Å². The number of aromatic nitrogens is 2. The molecule has 0 bridgehead atoms. The summed E-state index contributed by atoms with van der Waals surface area (Å²) in [6, 6.07) is 56.1. The van der Waals surface area contributed by atoms with Crippen LogP contribution in [0.25, 0.3) is 71.9 Å². The van der Waals surface area contributed by atoms with Crippen LogP contribution in [0.15, 0.2) is 158 Å². The first kappa shape index (κ1) is 23.4. The number of benzene rings is 7. The predicted octanol–water partition coefficient (Wildman–Crippen LogP) is 10.3. The van der Waals surface area contributed by atoms with Gasteiger partial charge in [-0.3, -0.25) is 4.57 Å². The minimum Gasteiger partial charge on any atom is -0.292 e. The summed E-state index contributed by atoms with van der Waals surface area (Å²) in [5.74, 6) is 0.950. The molecule has 0 atom stereocenters. The maximum atomic E-state index is 5.31. The number of hydrogen-bond donors (Lipinski definition) is 0. The van der Waals surface area contributed by atoms with Crippen molar-refractivity contribution in [2.24, 2.45) is 0 Å². The Balaban J connectivity index is 1.56. The van der Waals surface area contributed by atoms with Gasteiger partial charge in [-0.15, -0.1) is 0 Å². The first-order valence-electron chi connectivity index (χ1n) is 14.0. The summed E-state index contributed by atoms with van der Waals surface area (Å²) < 4.78 is 2.31. The zero-order valence-electron chi connectivity index (χ0n) is 22.4. The second kappa shape index (κ2) is 9.62. The lowest BCUT2D eigenvalue weighted by molar-refractivity contribution is 1.11. The van der Waals surface area contributed by atoms with Crippen LogP contribution >= 0.6 is 0 Å². The highest BCUT2D eigenvalue weighted by Gasteiger charge is 2.22. The molecule has 0 aliphatic carbocycles. The molecule has 7 aromatic carbocycles. The lowest BCUT2D eigenvalue weighted by Crippen LogP contribution is -1.99. The van der Waals surface area contributed by atoms with Crippen LogP contribution in [0.3, 0.4) is 0 Å². The first-order valence-corrected chi connectivity index (χ1v) is 14.0. The van der Waals surface area contributed by atoms with Crippen molar-refractivity contribution in [2.75, 3.05) is 0 Å². The van der Waals surface area contributed by atoms with Gasteiger partial charge in [-0.25, -0.2) is 4.98 Å². The minimum absolute atomic E-state index is 0.950. The van der Waals surface area contributed by atoms with E-state index < -0.39 is 0 Å². The third-order valence-electron chi connectivity index (χ3n) is 7.99. The van der Waals surface area contributed by atoms with Gasteiger partial charge in [0.2, 0.25) is 0 Å². The molecule has 1 aromatic heterocycles. The summed E-state index contributed by atoms with van der Waals surface area (Å²) in [6.45, 7) is 0. The van der Waals surface area contributed by atoms with Crippen LogP contribution in [0.1, 0.15) is 0 Å². The van der Waals surface area contributed by atoms with E-state index in [0.29, 0.717) is 0 Å². The molecule has 41 heavy (non-hydrogen) atoms. The fraction of sp³-hybridized carbons (Fsp3) is 0. The van der Waals surface area contributed by atoms with Gasteiger partial charge in [0.05, 0.1) is 11.0 Å². The molecule has 0 N–H and O–H groups in total. The van der Waals surface area contributed by atoms with Crippen molar-refractivity contribution < 1.29 is 0 Å². The van der Waals surface area contributed by atoms with Gasteiger partial charge in [-0.2, -0.15) is 0 Å². The van der Waals surface area contributed by atoms with Crippen molar-refractivity contribution in [3.05, 3.63) is 158 Å². The van der Waals surface area contributed by atoms with Gasteiger partial charge in [0, 0.05) is 11.3 Å². The Morgan fingerprint density at radius 1 is 0.390 bits per heavy atom. The summed E-state index contributed by atoms with van der Waals surface area (Å²) in [4.78, 5) is 5.31. The van der Waals surface area contributed by atoms with Gasteiger partial charge in [0.1, 0.15) is 5.82 Å². The predicted molar refractivity (Wildman–Crippen MR) is 172 cm³/mol. The average Bonchev–Trinajstić information content (AvgIpc) is 3.43. The molecule has 192 valence electrons. The third kappa shape index (κ3) is 3.84. The first-order chi connectivity index (χ1) is 20.4. The van der Waals surface area contributed by atoms with E-state index in [2.05, 4.69) is 162 Å². The highest BCUT2D eigenvalue weighted by Crippen LogP contribution is 2.45. The van der Waals surface area contributed by atoms with E-state index in [4.69, 9.17) is 4.98 Å². The standard InChI is InChI=1S/C39H26N2/c1-4-14-27(15-5-1)29-24-25-33-34(26-29)37(28-16-6-2-7-17-28)31-20-10-11-21-32(31)38(33)39-40-35-22-12-13-23-36(35)41(39)30-18-8-3-9-19-30/h1-26H. The lowest BCUT2D eigenvalue weighted by Gasteiger charge is -2.19. The summed E-state index contributed by atoms with van der Waals surface area (Å²) in [5.41, 5.74) is 9.20. The van der Waals surface area contributed by atoms with E-state index in [-0.39, 0.29) is 0 Å². The molecule has 0 unspecified atom stereocenters. The molecule has 2 heteroatoms. The highest BCUT2D eigenvalue weighted by atomic mass is 15.1. The molecule has 0 fully saturated rings. The van der Waals surface area contributed by atoms with E-state index in [9.17, 15) is 0 Å². The fourth-order valence-corrected chi connectivity index (χ4v) is 6.18. The molecule has 1 heterocycles. The van der Waals surface area contributed by atoms with Crippen molar-refractivity contribution in [3.8, 4) is 39.3 Å². The quantitative estimate of drug-likeness (QED) is 0.210. The maximum absolute atomic E-state index is 5.31. The smallest absolute Gasteiger partial charge is 0.146 e. The van der Waals surface area contributed by atoms with Crippen molar-refractivity contribution in [2.45, 2.75) is 0 Å². The van der Waals surface area contributed by atoms with Crippen molar-refractivity contribution in [1.29, 1.82) is 0 Å². The second-order valence-corrected chi connectivity index (χ2v) is 10.4. The van der Waals surface area contributed by atoms with Crippen LogP contribution < -0.4 is 0 Å². The van der Waals surface area contributed by atoms with Crippen LogP contribution in [0.5, 0.6) is 0 Å². The summed E-state index contributed by atoms with van der Waals surface area (Å²) in [7, 11) is 0. The zero-order valence-corrected chi connectivity index (χ0v) is 22.4. The molecule has 0 saturated carbocycles. The van der Waals surface area contributed by atoms with Crippen LogP contribution in [0, 0.1) is 0 Å². The Labute approximate surface area is 238 Å². The summed E-state index contributed by atoms with van der Waals surface area (Å²) in [5, 5.41) is 4.82. The number of rotatable bonds is 4. The molecule has 0 amide bonds. The minimum atomic E-state index is 0.950. The van der Waals surface area contributed by atoms with Crippen LogP contribution in [-0.2, 0) is 0 Å². The Bertz CT molecular complexity index is 2180. The second-order valence-electron chi connectivity index (χ2n) is 10.4. The van der Waals surface area contributed by atoms with Crippen molar-refractivity contribution in [3.63, 3.8) is 0 Å². The number of hydrogen-bond acceptors (Lipinski definition) is 1. The molecule has 0 saturated heterocycles. The topological polar surface area (TPSA) is 17.8 Å². The molecule has 2 nitrogen and oxygen atoms in total. The number of fused-ring (bicyclic) bond motifs is 3. The van der Waals surface area contributed by atoms with E-state index in [1.54, 1.807) is 0 Å². The van der Waals surface area contributed by atoms with Gasteiger partial charge < -0.3 is 0 Å². The molecular formula is C39H26N2. The number of nitrogens with zero attached hydrogens (tertiary/aromatic N) is 2. The Hall–Kier alpha value is -5.47. The van der Waals surface area contributed by atoms with Gasteiger partial charge in [-0.1, -0.05) is 127 Å². The van der Waals surface area contributed by atoms with E-state index in [1.807, 2.05) is 0 Å². The van der Waals surface area contributed by atoms with Gasteiger partial charge in [-0.05, 0) is 74.1 Å². The molecule has 0 aliphatic rings. The summed E-state index contributed by atoms with van der Waals surface area (Å²) in [6.07, 6.45) is 0. The Morgan fingerprint density at radius 2 is 0.951 bits per heavy atom. The Morgan fingerprint density at radius 3 is 1.68 bits per heavy atom. The van der Waals surface area contributed by atoms with Crippen LogP contribution in [0.4, 0.5) is 0 Å². The molecule has 0 spiro atoms. The highest BCUT2D eigenvalue weighted by molar-refractivity contribution is 6.21. The van der Waals surface area contributed by atoms with Crippen LogP contribution in [0.2, 0.25) is 0 Å². The summed E-state index contributed by atoms with van der Waals surface area (Å²) >= 11 is 0.